The lowest BCUT2D eigenvalue weighted by atomic mass is 10.0. The minimum atomic E-state index is -3.90. The quantitative estimate of drug-likeness (QED) is 0.327. The summed E-state index contributed by atoms with van der Waals surface area (Å²) in [5, 5.41) is 10.2. The summed E-state index contributed by atoms with van der Waals surface area (Å²) in [6.45, 7) is 9.77. The van der Waals surface area contributed by atoms with Crippen molar-refractivity contribution in [3.8, 4) is 5.75 Å². The molecule has 0 unspecified atom stereocenters. The molecule has 2 N–H and O–H groups in total. The Bertz CT molecular complexity index is 1520. The fourth-order valence-electron chi connectivity index (χ4n) is 5.55. The van der Waals surface area contributed by atoms with Gasteiger partial charge >= 0.3 is 0 Å². The summed E-state index contributed by atoms with van der Waals surface area (Å²) in [7, 11) is -1.85. The molecule has 4 atom stereocenters. The Morgan fingerprint density at radius 3 is 2.50 bits per heavy atom. The molecule has 1 aliphatic heterocycles. The van der Waals surface area contributed by atoms with E-state index in [1.807, 2.05) is 26.0 Å². The van der Waals surface area contributed by atoms with Crippen molar-refractivity contribution in [1.29, 1.82) is 0 Å². The van der Waals surface area contributed by atoms with Crippen LogP contribution in [0.5, 0.6) is 5.75 Å². The van der Waals surface area contributed by atoms with Crippen LogP contribution in [0.2, 0.25) is 0 Å². The molecule has 11 heteroatoms. The number of nitrogens with zero attached hydrogens (tertiary/aromatic N) is 3. The van der Waals surface area contributed by atoms with E-state index in [1.54, 1.807) is 60.6 Å². The Kier molecular flexibility index (Phi) is 12.6. The average Bonchev–Trinajstić information content (AvgIpc) is 3.03. The zero-order valence-electron chi connectivity index (χ0n) is 27.6. The molecule has 1 aromatic heterocycles. The van der Waals surface area contributed by atoms with Gasteiger partial charge in [0.15, 0.2) is 0 Å². The fraction of sp³-hybridized carbons (Fsp3) is 0.486. The number of pyridine rings is 1. The summed E-state index contributed by atoms with van der Waals surface area (Å²) >= 11 is 0. The molecule has 10 nitrogen and oxygen atoms in total. The van der Waals surface area contributed by atoms with Gasteiger partial charge in [-0.2, -0.15) is 0 Å². The predicted molar refractivity (Wildman–Crippen MR) is 179 cm³/mol. The third-order valence-corrected chi connectivity index (χ3v) is 9.73. The van der Waals surface area contributed by atoms with Gasteiger partial charge in [-0.05, 0) is 95.1 Å². The number of amides is 1. The van der Waals surface area contributed by atoms with Crippen LogP contribution in [0.25, 0.3) is 0 Å². The molecule has 0 aliphatic carbocycles. The molecule has 1 aliphatic rings. The van der Waals surface area contributed by atoms with Gasteiger partial charge in [0.25, 0.3) is 15.9 Å². The van der Waals surface area contributed by atoms with Gasteiger partial charge in [0.2, 0.25) is 0 Å². The van der Waals surface area contributed by atoms with Crippen LogP contribution in [0, 0.1) is 12.8 Å². The second-order valence-electron chi connectivity index (χ2n) is 12.5. The minimum Gasteiger partial charge on any atom is -0.490 e. The molecule has 4 rings (SSSR count). The van der Waals surface area contributed by atoms with Crippen LogP contribution in [-0.2, 0) is 21.3 Å². The summed E-state index contributed by atoms with van der Waals surface area (Å²) in [4.78, 5) is 22.4. The number of ether oxygens (including phenoxy) is 2. The Labute approximate surface area is 273 Å². The normalized spacial score (nSPS) is 20.8. The number of benzene rings is 2. The van der Waals surface area contributed by atoms with E-state index in [2.05, 4.69) is 28.6 Å². The highest BCUT2D eigenvalue weighted by Crippen LogP contribution is 2.29. The van der Waals surface area contributed by atoms with Gasteiger partial charge in [0, 0.05) is 50.2 Å². The molecule has 0 bridgehead atoms. The molecule has 0 saturated heterocycles. The second-order valence-corrected chi connectivity index (χ2v) is 14.2. The molecular formula is C35H48N4O6S. The van der Waals surface area contributed by atoms with Crippen LogP contribution in [0.15, 0.2) is 71.9 Å². The van der Waals surface area contributed by atoms with E-state index in [0.717, 1.165) is 36.9 Å². The molecule has 1 amide bonds. The van der Waals surface area contributed by atoms with Crippen molar-refractivity contribution < 1.29 is 27.8 Å². The maximum atomic E-state index is 14.4. The zero-order valence-corrected chi connectivity index (χ0v) is 28.4. The van der Waals surface area contributed by atoms with Crippen molar-refractivity contribution >= 4 is 21.6 Å². The third kappa shape index (κ3) is 9.75. The highest BCUT2D eigenvalue weighted by Gasteiger charge is 2.30. The Balaban J connectivity index is 1.64. The zero-order chi connectivity index (χ0) is 33.3. The second kappa shape index (κ2) is 16.4. The van der Waals surface area contributed by atoms with E-state index in [1.165, 1.54) is 6.07 Å². The number of hydrogen-bond donors (Lipinski definition) is 2. The summed E-state index contributed by atoms with van der Waals surface area (Å²) in [6, 6.07) is 14.8. The number of aliphatic hydroxyl groups excluding tert-OH is 1. The lowest BCUT2D eigenvalue weighted by molar-refractivity contribution is -0.0177. The number of aliphatic hydroxyl groups is 1. The molecular weight excluding hydrogens is 604 g/mol. The van der Waals surface area contributed by atoms with E-state index in [-0.39, 0.29) is 46.8 Å². The Morgan fingerprint density at radius 2 is 1.80 bits per heavy atom. The highest BCUT2D eigenvalue weighted by molar-refractivity contribution is 7.92. The number of sulfonamides is 1. The maximum absolute atomic E-state index is 14.4. The van der Waals surface area contributed by atoms with Gasteiger partial charge in [-0.1, -0.05) is 24.6 Å². The number of aryl methyl sites for hydroxylation is 1. The van der Waals surface area contributed by atoms with E-state index < -0.39 is 16.1 Å². The number of fused-ring (bicyclic) bond motifs is 1. The summed E-state index contributed by atoms with van der Waals surface area (Å²) < 4.78 is 41.8. The monoisotopic (exact) mass is 652 g/mol. The van der Waals surface area contributed by atoms with Gasteiger partial charge in [-0.15, -0.1) is 0 Å². The summed E-state index contributed by atoms with van der Waals surface area (Å²) in [6.07, 6.45) is 5.73. The molecule has 0 fully saturated rings. The molecule has 46 heavy (non-hydrogen) atoms. The number of carbonyl (C=O) groups excluding carboxylic acids is 1. The smallest absolute Gasteiger partial charge is 0.261 e. The molecule has 0 radical (unpaired) electrons. The van der Waals surface area contributed by atoms with Crippen LogP contribution < -0.4 is 9.46 Å². The lowest BCUT2D eigenvalue weighted by Gasteiger charge is -2.36. The summed E-state index contributed by atoms with van der Waals surface area (Å²) in [5.74, 6) is -0.0549. The minimum absolute atomic E-state index is 0.0766. The van der Waals surface area contributed by atoms with Gasteiger partial charge in [0.1, 0.15) is 5.75 Å². The van der Waals surface area contributed by atoms with Crippen molar-refractivity contribution in [1.82, 2.24) is 14.8 Å². The lowest BCUT2D eigenvalue weighted by Crippen LogP contribution is -2.47. The van der Waals surface area contributed by atoms with Crippen LogP contribution >= 0.6 is 0 Å². The standard InChI is InChI=1S/C35H48N4O6S/c1-25-9-12-31(13-10-25)46(42,43)37-30-11-14-33-32(20-30)35(41)39(27(3)24-40)21-26(2)34(44-19-7-6-8-28(4)45-33)23-38(5)22-29-15-17-36-18-16-29/h9-18,20,26-28,34,37,40H,6-8,19,21-24H2,1-5H3/t26-,27-,28-,34-/m0/s1. The van der Waals surface area contributed by atoms with Crippen molar-refractivity contribution in [2.45, 2.75) is 76.6 Å². The Morgan fingerprint density at radius 1 is 1.09 bits per heavy atom. The highest BCUT2D eigenvalue weighted by atomic mass is 32.2. The number of likely N-dealkylation sites (N-methyl/N-ethyl adjacent to an activating group) is 1. The van der Waals surface area contributed by atoms with Gasteiger partial charge in [-0.25, -0.2) is 8.42 Å². The average molecular weight is 653 g/mol. The van der Waals surface area contributed by atoms with Crippen molar-refractivity contribution in [2.75, 3.05) is 38.1 Å². The van der Waals surface area contributed by atoms with E-state index >= 15 is 0 Å². The number of anilines is 1. The van der Waals surface area contributed by atoms with Gasteiger partial charge in [0.05, 0.1) is 35.3 Å². The number of nitrogens with one attached hydrogen (secondary N) is 1. The van der Waals surface area contributed by atoms with E-state index in [9.17, 15) is 18.3 Å². The first-order valence-corrected chi connectivity index (χ1v) is 17.5. The largest absolute Gasteiger partial charge is 0.490 e. The summed E-state index contributed by atoms with van der Waals surface area (Å²) in [5.41, 5.74) is 2.57. The topological polar surface area (TPSA) is 121 Å². The van der Waals surface area contributed by atoms with Crippen LogP contribution in [0.1, 0.15) is 61.5 Å². The first kappa shape index (κ1) is 35.3. The number of hydrogen-bond acceptors (Lipinski definition) is 8. The van der Waals surface area contributed by atoms with Crippen LogP contribution in [-0.4, -0.2) is 85.8 Å². The molecule has 250 valence electrons. The Hall–Kier alpha value is -3.51. The molecule has 0 spiro atoms. The van der Waals surface area contributed by atoms with Gasteiger partial charge in [-0.3, -0.25) is 19.4 Å². The molecule has 3 aromatic rings. The van der Waals surface area contributed by atoms with Gasteiger partial charge < -0.3 is 19.5 Å². The van der Waals surface area contributed by atoms with E-state index in [4.69, 9.17) is 9.47 Å². The van der Waals surface area contributed by atoms with Crippen LogP contribution in [0.4, 0.5) is 5.69 Å². The SMILES string of the molecule is Cc1ccc(S(=O)(=O)Nc2ccc3c(c2)C(=O)N([C@@H](C)CO)C[C@H](C)[C@H](CN(C)Cc2ccncc2)OCCCC[C@H](C)O3)cc1. The van der Waals surface area contributed by atoms with Crippen molar-refractivity contribution in [3.05, 3.63) is 83.7 Å². The van der Waals surface area contributed by atoms with Crippen molar-refractivity contribution in [2.24, 2.45) is 5.92 Å². The number of carbonyl (C=O) groups is 1. The fourth-order valence-corrected chi connectivity index (χ4v) is 6.60. The van der Waals surface area contributed by atoms with Crippen molar-refractivity contribution in [3.63, 3.8) is 0 Å². The predicted octanol–water partition coefficient (Wildman–Crippen LogP) is 5.12. The molecule has 2 aromatic carbocycles. The van der Waals surface area contributed by atoms with Crippen LogP contribution in [0.3, 0.4) is 0 Å². The molecule has 0 saturated carbocycles. The number of aromatic nitrogens is 1. The number of rotatable bonds is 9. The first-order chi connectivity index (χ1) is 22.0. The van der Waals surface area contributed by atoms with E-state index in [0.29, 0.717) is 25.4 Å². The maximum Gasteiger partial charge on any atom is 0.261 e. The first-order valence-electron chi connectivity index (χ1n) is 16.0. The third-order valence-electron chi connectivity index (χ3n) is 8.33. The molecule has 2 heterocycles.